The molecule has 1 aromatic heterocycles. The van der Waals surface area contributed by atoms with Crippen LogP contribution in [0.15, 0.2) is 16.3 Å². The van der Waals surface area contributed by atoms with Gasteiger partial charge in [0.05, 0.1) is 4.34 Å². The zero-order valence-corrected chi connectivity index (χ0v) is 12.5. The van der Waals surface area contributed by atoms with Crippen LogP contribution in [0.5, 0.6) is 0 Å². The van der Waals surface area contributed by atoms with E-state index in [9.17, 15) is 8.42 Å². The zero-order chi connectivity index (χ0) is 13.2. The lowest BCUT2D eigenvalue weighted by Crippen LogP contribution is -2.44. The summed E-state index contributed by atoms with van der Waals surface area (Å²) in [5.74, 6) is 0.351. The van der Waals surface area contributed by atoms with Crippen molar-refractivity contribution < 1.29 is 8.42 Å². The minimum absolute atomic E-state index is 0.0660. The molecule has 1 fully saturated rings. The molecule has 2 atom stereocenters. The van der Waals surface area contributed by atoms with Crippen molar-refractivity contribution in [3.8, 4) is 0 Å². The normalized spacial score (nSPS) is 22.9. The molecule has 2 unspecified atom stereocenters. The number of hydrogen-bond acceptors (Lipinski definition) is 4. The Kier molecular flexibility index (Phi) is 4.66. The first kappa shape index (κ1) is 14.3. The largest absolute Gasteiger partial charge is 0.316 e. The molecule has 2 heterocycles. The molecule has 1 aliphatic heterocycles. The highest BCUT2D eigenvalue weighted by Crippen LogP contribution is 2.26. The smallest absolute Gasteiger partial charge is 0.250 e. The maximum atomic E-state index is 12.1. The fraction of sp³-hybridized carbons (Fsp3) is 0.636. The molecule has 18 heavy (non-hydrogen) atoms. The van der Waals surface area contributed by atoms with Crippen LogP contribution in [0.1, 0.15) is 19.8 Å². The molecule has 1 aromatic rings. The second-order valence-corrected chi connectivity index (χ2v) is 8.23. The third-order valence-electron chi connectivity index (χ3n) is 3.20. The summed E-state index contributed by atoms with van der Waals surface area (Å²) < 4.78 is 27.7. The number of hydrogen-bond donors (Lipinski definition) is 2. The van der Waals surface area contributed by atoms with Crippen LogP contribution in [-0.4, -0.2) is 27.5 Å². The van der Waals surface area contributed by atoms with Crippen LogP contribution in [0.3, 0.4) is 0 Å². The maximum absolute atomic E-state index is 12.1. The average Bonchev–Trinajstić information content (AvgIpc) is 2.77. The molecular formula is C11H17ClN2O2S2. The molecule has 0 spiro atoms. The van der Waals surface area contributed by atoms with Crippen LogP contribution in [0.25, 0.3) is 0 Å². The van der Waals surface area contributed by atoms with Gasteiger partial charge in [0.25, 0.3) is 0 Å². The number of rotatable bonds is 4. The Morgan fingerprint density at radius 1 is 1.56 bits per heavy atom. The van der Waals surface area contributed by atoms with Crippen molar-refractivity contribution in [3.63, 3.8) is 0 Å². The van der Waals surface area contributed by atoms with E-state index in [0.29, 0.717) is 10.3 Å². The van der Waals surface area contributed by atoms with Gasteiger partial charge in [-0.2, -0.15) is 0 Å². The van der Waals surface area contributed by atoms with Gasteiger partial charge in [-0.15, -0.1) is 11.3 Å². The summed E-state index contributed by atoms with van der Waals surface area (Å²) >= 11 is 6.85. The molecular weight excluding hydrogens is 292 g/mol. The van der Waals surface area contributed by atoms with E-state index >= 15 is 0 Å². The standard InChI is InChI=1S/C11H17ClN2O2S2/c1-8(9-3-2-6-13-7-9)14-18(15,16)11-5-4-10(12)17-11/h4-5,8-9,13-14H,2-3,6-7H2,1H3. The molecule has 102 valence electrons. The Labute approximate surface area is 117 Å². The van der Waals surface area contributed by atoms with Crippen LogP contribution < -0.4 is 10.0 Å². The third kappa shape index (κ3) is 3.45. The summed E-state index contributed by atoms with van der Waals surface area (Å²) in [6, 6.07) is 3.08. The van der Waals surface area contributed by atoms with Gasteiger partial charge < -0.3 is 5.32 Å². The fourth-order valence-electron chi connectivity index (χ4n) is 2.15. The van der Waals surface area contributed by atoms with Crippen molar-refractivity contribution in [2.24, 2.45) is 5.92 Å². The molecule has 0 aromatic carbocycles. The number of sulfonamides is 1. The van der Waals surface area contributed by atoms with Gasteiger partial charge in [-0.05, 0) is 50.9 Å². The van der Waals surface area contributed by atoms with Crippen molar-refractivity contribution >= 4 is 33.0 Å². The van der Waals surface area contributed by atoms with Gasteiger partial charge in [0.1, 0.15) is 4.21 Å². The van der Waals surface area contributed by atoms with E-state index < -0.39 is 10.0 Å². The van der Waals surface area contributed by atoms with Crippen molar-refractivity contribution in [2.45, 2.75) is 30.0 Å². The van der Waals surface area contributed by atoms with Crippen molar-refractivity contribution in [2.75, 3.05) is 13.1 Å². The van der Waals surface area contributed by atoms with E-state index in [1.165, 1.54) is 0 Å². The molecule has 0 aliphatic carbocycles. The molecule has 0 amide bonds. The molecule has 0 saturated carbocycles. The quantitative estimate of drug-likeness (QED) is 0.895. The Balaban J connectivity index is 2.03. The molecule has 0 bridgehead atoms. The van der Waals surface area contributed by atoms with Crippen molar-refractivity contribution in [1.29, 1.82) is 0 Å². The highest BCUT2D eigenvalue weighted by molar-refractivity contribution is 7.91. The topological polar surface area (TPSA) is 58.2 Å². The fourth-order valence-corrected chi connectivity index (χ4v) is 4.96. The van der Waals surface area contributed by atoms with E-state index in [2.05, 4.69) is 10.0 Å². The summed E-state index contributed by atoms with van der Waals surface area (Å²) in [6.45, 7) is 3.82. The Morgan fingerprint density at radius 2 is 2.33 bits per heavy atom. The van der Waals surface area contributed by atoms with E-state index in [1.54, 1.807) is 12.1 Å². The molecule has 7 heteroatoms. The molecule has 1 aliphatic rings. The maximum Gasteiger partial charge on any atom is 0.250 e. The van der Waals surface area contributed by atoms with Crippen LogP contribution >= 0.6 is 22.9 Å². The molecule has 0 radical (unpaired) electrons. The number of piperidine rings is 1. The summed E-state index contributed by atoms with van der Waals surface area (Å²) in [5.41, 5.74) is 0. The highest BCUT2D eigenvalue weighted by atomic mass is 35.5. The van der Waals surface area contributed by atoms with Gasteiger partial charge in [-0.3, -0.25) is 0 Å². The first-order valence-corrected chi connectivity index (χ1v) is 8.65. The second-order valence-electron chi connectivity index (χ2n) is 4.57. The van der Waals surface area contributed by atoms with Crippen molar-refractivity contribution in [3.05, 3.63) is 16.5 Å². The SMILES string of the molecule is CC(NS(=O)(=O)c1ccc(Cl)s1)C1CCCNC1. The van der Waals surface area contributed by atoms with E-state index in [1.807, 2.05) is 6.92 Å². The summed E-state index contributed by atoms with van der Waals surface area (Å²) in [6.07, 6.45) is 2.16. The van der Waals surface area contributed by atoms with Gasteiger partial charge in [0, 0.05) is 6.04 Å². The average molecular weight is 309 g/mol. The molecule has 4 nitrogen and oxygen atoms in total. The first-order valence-electron chi connectivity index (χ1n) is 5.97. The Bertz CT molecular complexity index is 495. The first-order chi connectivity index (χ1) is 8.49. The van der Waals surface area contributed by atoms with E-state index in [0.717, 1.165) is 37.3 Å². The minimum Gasteiger partial charge on any atom is -0.316 e. The molecule has 2 rings (SSSR count). The monoisotopic (exact) mass is 308 g/mol. The van der Waals surface area contributed by atoms with Crippen LogP contribution in [0.4, 0.5) is 0 Å². The van der Waals surface area contributed by atoms with E-state index in [4.69, 9.17) is 11.6 Å². The lowest BCUT2D eigenvalue weighted by Gasteiger charge is -2.28. The van der Waals surface area contributed by atoms with Crippen LogP contribution in [0, 0.1) is 5.92 Å². The van der Waals surface area contributed by atoms with Gasteiger partial charge >= 0.3 is 0 Å². The van der Waals surface area contributed by atoms with Gasteiger partial charge in [0.2, 0.25) is 10.0 Å². The predicted octanol–water partition coefficient (Wildman–Crippen LogP) is 2.07. The lowest BCUT2D eigenvalue weighted by atomic mass is 9.94. The molecule has 2 N–H and O–H groups in total. The highest BCUT2D eigenvalue weighted by Gasteiger charge is 2.25. The second kappa shape index (κ2) is 5.88. The van der Waals surface area contributed by atoms with Gasteiger partial charge in [0.15, 0.2) is 0 Å². The van der Waals surface area contributed by atoms with Gasteiger partial charge in [-0.1, -0.05) is 11.6 Å². The minimum atomic E-state index is -3.43. The summed E-state index contributed by atoms with van der Waals surface area (Å²) in [5, 5.41) is 3.29. The van der Waals surface area contributed by atoms with Crippen LogP contribution in [-0.2, 0) is 10.0 Å². The summed E-state index contributed by atoms with van der Waals surface area (Å²) in [7, 11) is -3.43. The Hall–Kier alpha value is -0.140. The number of thiophene rings is 1. The van der Waals surface area contributed by atoms with Crippen LogP contribution in [0.2, 0.25) is 4.34 Å². The Morgan fingerprint density at radius 3 is 2.89 bits per heavy atom. The number of nitrogens with one attached hydrogen (secondary N) is 2. The summed E-state index contributed by atoms with van der Waals surface area (Å²) in [4.78, 5) is 0. The van der Waals surface area contributed by atoms with Gasteiger partial charge in [-0.25, -0.2) is 13.1 Å². The zero-order valence-electron chi connectivity index (χ0n) is 10.1. The number of halogens is 1. The third-order valence-corrected chi connectivity index (χ3v) is 6.48. The van der Waals surface area contributed by atoms with Crippen molar-refractivity contribution in [1.82, 2.24) is 10.0 Å². The van der Waals surface area contributed by atoms with E-state index in [-0.39, 0.29) is 10.3 Å². The lowest BCUT2D eigenvalue weighted by molar-refractivity contribution is 0.320. The predicted molar refractivity (Wildman–Crippen MR) is 74.7 cm³/mol. The molecule has 1 saturated heterocycles.